The van der Waals surface area contributed by atoms with Crippen LogP contribution < -0.4 is 30.8 Å². The first-order valence-electron chi connectivity index (χ1n) is 44.7. The monoisotopic (exact) mass is 1420 g/mol. The van der Waals surface area contributed by atoms with E-state index in [0.717, 1.165) is 138 Å². The largest absolute Gasteiger partial charge is 0.457 e. The predicted octanol–water partition coefficient (Wildman–Crippen LogP) is 24.2. The minimum absolute atomic E-state index is 0.0227. The van der Waals surface area contributed by atoms with Gasteiger partial charge in [0.2, 0.25) is 6.71 Å². The summed E-state index contributed by atoms with van der Waals surface area (Å²) < 4.78 is 168. The molecule has 24 rings (SSSR count). The molecule has 4 aliphatic heterocycles. The van der Waals surface area contributed by atoms with Crippen molar-refractivity contribution in [2.75, 3.05) is 4.90 Å². The van der Waals surface area contributed by atoms with Crippen LogP contribution in [-0.2, 0) is 16.2 Å². The molecule has 0 radical (unpaired) electrons. The minimum Gasteiger partial charge on any atom is -0.457 e. The van der Waals surface area contributed by atoms with Crippen molar-refractivity contribution in [2.24, 2.45) is 0 Å². The number of hydrogen-bond donors (Lipinski definition) is 0. The summed E-state index contributed by atoms with van der Waals surface area (Å²) in [5, 5.41) is -0.265. The molecule has 0 saturated heterocycles. The van der Waals surface area contributed by atoms with Gasteiger partial charge in [-0.1, -0.05) is 286 Å². The Morgan fingerprint density at radius 3 is 1.19 bits per heavy atom. The molecule has 6 heterocycles. The zero-order valence-electron chi connectivity index (χ0n) is 74.8. The molecule has 109 heavy (non-hydrogen) atoms. The Balaban J connectivity index is 0.839. The quantitative estimate of drug-likeness (QED) is 0.161. The Hall–Kier alpha value is -13.1. The van der Waals surface area contributed by atoms with Crippen LogP contribution >= 0.6 is 11.8 Å². The lowest BCUT2D eigenvalue weighted by atomic mass is 9.34. The summed E-state index contributed by atoms with van der Waals surface area (Å²) in [6.07, 6.45) is 0. The number of para-hydroxylation sites is 7. The van der Waals surface area contributed by atoms with E-state index in [4.69, 9.17) is 17.7 Å². The maximum Gasteiger partial charge on any atom is 0.249 e. The van der Waals surface area contributed by atoms with Crippen LogP contribution in [0.15, 0.2) is 355 Å². The summed E-state index contributed by atoms with van der Waals surface area (Å²) in [6.45, 7) is 5.82. The lowest BCUT2D eigenvalue weighted by Crippen LogP contribution is -2.60. The molecular formula is C102H66BN3O2S. The SMILES string of the molecule is [2H]c1c([2H])c([2H])c2c(c1[2H])c1c([2H])c([2H])c([2H])c([2H])c1n2-c1ccc2c(c1)Sc1cc(C(C)(C)C)cc3c1B2c1ccc(-n2c4c([2H])c([2H])c([2H])c([2H])c4c4c([2H])c([2H])c([2H])c([2H])c42)cc1N3c1c(-c2ccc3c(c2)C2(c4ccccc4O3)c3ccccc3-c3ccccc32)cccc1-c1ccc2c(c1)C1(c3ccccc3O2)c2ccccc2-c2ccccc21. The predicted molar refractivity (Wildman–Crippen MR) is 449 cm³/mol. The van der Waals surface area contributed by atoms with Gasteiger partial charge in [0.15, 0.2) is 0 Å². The van der Waals surface area contributed by atoms with E-state index in [0.29, 0.717) is 34.2 Å². The van der Waals surface area contributed by atoms with Gasteiger partial charge in [-0.2, -0.15) is 0 Å². The van der Waals surface area contributed by atoms with Gasteiger partial charge >= 0.3 is 0 Å². The van der Waals surface area contributed by atoms with Crippen LogP contribution in [0.2, 0.25) is 0 Å². The van der Waals surface area contributed by atoms with E-state index >= 15 is 0 Å². The molecule has 0 bridgehead atoms. The fraction of sp³-hybridized carbons (Fsp3) is 0.0588. The van der Waals surface area contributed by atoms with E-state index in [1.807, 2.05) is 60.7 Å². The molecule has 6 aliphatic rings. The average molecular weight is 1420 g/mol. The van der Waals surface area contributed by atoms with Gasteiger partial charge < -0.3 is 23.5 Å². The van der Waals surface area contributed by atoms with E-state index in [9.17, 15) is 13.7 Å². The zero-order valence-corrected chi connectivity index (χ0v) is 59.6. The summed E-state index contributed by atoms with van der Waals surface area (Å²) in [6, 6.07) is 78.6. The lowest BCUT2D eigenvalue weighted by molar-refractivity contribution is 0.436. The lowest BCUT2D eigenvalue weighted by Gasteiger charge is -2.43. The molecular weight excluding hydrogens is 1340 g/mol. The summed E-state index contributed by atoms with van der Waals surface area (Å²) in [4.78, 5) is 3.92. The van der Waals surface area contributed by atoms with Crippen LogP contribution in [0, 0.1) is 0 Å². The number of aromatic nitrogens is 2. The van der Waals surface area contributed by atoms with Crippen molar-refractivity contribution in [3.05, 3.63) is 395 Å². The Labute approximate surface area is 658 Å². The summed E-state index contributed by atoms with van der Waals surface area (Å²) >= 11 is 1.52. The van der Waals surface area contributed by atoms with Crippen LogP contribution in [0.25, 0.3) is 99.5 Å². The van der Waals surface area contributed by atoms with Gasteiger partial charge in [0, 0.05) is 87.5 Å². The molecule has 0 N–H and O–H groups in total. The third-order valence-corrected chi connectivity index (χ3v) is 24.9. The topological polar surface area (TPSA) is 31.6 Å². The Kier molecular flexibility index (Phi) is 9.70. The van der Waals surface area contributed by atoms with Crippen molar-refractivity contribution in [1.82, 2.24) is 9.13 Å². The Morgan fingerprint density at radius 2 is 0.734 bits per heavy atom. The van der Waals surface area contributed by atoms with Crippen molar-refractivity contribution in [1.29, 1.82) is 0 Å². The standard InChI is InChI=1S/C102H66BN3O2S/c1-100(2,3)63-57-91-98-97(58-63)109-96-60-65(105-88-43-20-10-31-74(88)75-32-11-21-44-89(75)105)50-52-85(96)103(98)84-51-49-64(104-86-41-18-8-29-72(86)73-30-9-19-42-87(73)104)59-90(84)106(91)99-66(61-47-53-94-82(55-61)101(80-39-16-22-45-92(80)107-94)76-35-12-4-25-68(76)69-26-5-13-36-77(69)101)33-24-34-67(99)62-48-54-95-83(56-62)102(81-40-17-23-46-93(81)108-95)78-37-14-6-27-70(78)71-28-7-15-38-79(71)102/h4-60H,1-3H3/i8D,9D,10D,11D,18D,19D,20D,21D,29D,30D,31D,32D,41D,42D,43D,44D. The molecule has 7 heteroatoms. The number of benzene rings is 16. The van der Waals surface area contributed by atoms with Crippen molar-refractivity contribution in [3.63, 3.8) is 0 Å². The fourth-order valence-electron chi connectivity index (χ4n) is 19.3. The van der Waals surface area contributed by atoms with Crippen LogP contribution in [0.3, 0.4) is 0 Å². The second-order valence-corrected chi connectivity index (χ2v) is 31.1. The Bertz CT molecular complexity index is 7630. The smallest absolute Gasteiger partial charge is 0.249 e. The average Bonchev–Trinajstić information content (AvgIpc) is 1.60. The highest BCUT2D eigenvalue weighted by molar-refractivity contribution is 8.00. The normalized spacial score (nSPS) is 16.5. The van der Waals surface area contributed by atoms with Crippen molar-refractivity contribution < 1.29 is 31.4 Å². The highest BCUT2D eigenvalue weighted by Gasteiger charge is 2.54. The first-order valence-corrected chi connectivity index (χ1v) is 37.5. The molecule has 0 amide bonds. The second-order valence-electron chi connectivity index (χ2n) is 30.1. The summed E-state index contributed by atoms with van der Waals surface area (Å²) in [5.41, 5.74) is 19.3. The molecule has 18 aromatic rings. The first kappa shape index (κ1) is 47.5. The third-order valence-electron chi connectivity index (χ3n) is 23.8. The van der Waals surface area contributed by atoms with Gasteiger partial charge in [-0.15, -0.1) is 0 Å². The molecule has 2 aliphatic carbocycles. The van der Waals surface area contributed by atoms with Crippen LogP contribution in [-0.4, -0.2) is 15.8 Å². The second kappa shape index (κ2) is 22.3. The zero-order chi connectivity index (χ0) is 85.7. The van der Waals surface area contributed by atoms with Gasteiger partial charge in [-0.3, -0.25) is 0 Å². The number of anilines is 3. The highest BCUT2D eigenvalue weighted by atomic mass is 32.2. The molecule has 0 saturated carbocycles. The number of ether oxygens (including phenoxy) is 2. The van der Waals surface area contributed by atoms with Crippen molar-refractivity contribution in [2.45, 2.75) is 46.8 Å². The van der Waals surface area contributed by atoms with E-state index in [-0.39, 0.29) is 43.6 Å². The molecule has 2 spiro atoms. The van der Waals surface area contributed by atoms with Gasteiger partial charge in [-0.25, -0.2) is 0 Å². The molecule has 0 fully saturated rings. The van der Waals surface area contributed by atoms with Crippen LogP contribution in [0.5, 0.6) is 23.0 Å². The van der Waals surface area contributed by atoms with E-state index in [1.165, 1.54) is 11.8 Å². The molecule has 2 aromatic heterocycles. The van der Waals surface area contributed by atoms with Crippen LogP contribution in [0.4, 0.5) is 17.1 Å². The minimum atomic E-state index is -0.908. The van der Waals surface area contributed by atoms with Gasteiger partial charge in [0.25, 0.3) is 0 Å². The van der Waals surface area contributed by atoms with Crippen LogP contribution in [0.1, 0.15) is 92.8 Å². The van der Waals surface area contributed by atoms with Gasteiger partial charge in [0.05, 0.1) is 60.5 Å². The molecule has 510 valence electrons. The molecule has 5 nitrogen and oxygen atoms in total. The van der Waals surface area contributed by atoms with E-state index < -0.39 is 120 Å². The highest BCUT2D eigenvalue weighted by Crippen LogP contribution is 2.65. The number of hydrogen-bond acceptors (Lipinski definition) is 4. The molecule has 0 unspecified atom stereocenters. The summed E-state index contributed by atoms with van der Waals surface area (Å²) in [7, 11) is 0. The Morgan fingerprint density at radius 1 is 0.339 bits per heavy atom. The molecule has 16 aromatic carbocycles. The van der Waals surface area contributed by atoms with Crippen molar-refractivity contribution >= 4 is 95.5 Å². The maximum absolute atomic E-state index is 9.96. The van der Waals surface area contributed by atoms with Gasteiger partial charge in [-0.05, 0) is 175 Å². The van der Waals surface area contributed by atoms with E-state index in [2.05, 4.69) is 214 Å². The third kappa shape index (κ3) is 8.16. The van der Waals surface area contributed by atoms with Gasteiger partial charge in [0.1, 0.15) is 23.0 Å². The number of rotatable bonds is 5. The number of nitrogens with zero attached hydrogens (tertiary/aromatic N) is 3. The summed E-state index contributed by atoms with van der Waals surface area (Å²) in [5.74, 6) is 2.80. The fourth-order valence-corrected chi connectivity index (χ4v) is 20.6. The first-order chi connectivity index (χ1) is 60.3. The number of fused-ring (bicyclic) bond motifs is 28. The van der Waals surface area contributed by atoms with E-state index in [1.54, 1.807) is 9.13 Å². The molecule has 0 atom stereocenters. The maximum atomic E-state index is 9.96. The van der Waals surface area contributed by atoms with Crippen molar-refractivity contribution in [3.8, 4) is 78.9 Å².